The van der Waals surface area contributed by atoms with Crippen molar-refractivity contribution in [2.45, 2.75) is 18.0 Å². The summed E-state index contributed by atoms with van der Waals surface area (Å²) in [5, 5.41) is 2.78. The highest BCUT2D eigenvalue weighted by Gasteiger charge is 2.39. The zero-order valence-corrected chi connectivity index (χ0v) is 17.1. The minimum atomic E-state index is -4.76. The highest BCUT2D eigenvalue weighted by atomic mass is 32.2. The third-order valence-electron chi connectivity index (χ3n) is 4.81. The predicted molar refractivity (Wildman–Crippen MR) is 106 cm³/mol. The minimum absolute atomic E-state index is 0.00620. The molecule has 0 radical (unpaired) electrons. The fourth-order valence-electron chi connectivity index (χ4n) is 3.32. The highest BCUT2D eigenvalue weighted by Crippen LogP contribution is 2.35. The van der Waals surface area contributed by atoms with E-state index in [1.165, 1.54) is 6.07 Å². The molecule has 2 aromatic rings. The number of hydrogen-bond donors (Lipinski definition) is 1. The summed E-state index contributed by atoms with van der Waals surface area (Å²) in [6.45, 7) is 2.48. The van der Waals surface area contributed by atoms with Gasteiger partial charge in [0.05, 0.1) is 17.0 Å². The van der Waals surface area contributed by atoms with Gasteiger partial charge < -0.3 is 5.32 Å². The lowest BCUT2D eigenvalue weighted by atomic mass is 10.2. The summed E-state index contributed by atoms with van der Waals surface area (Å²) >= 11 is 0. The van der Waals surface area contributed by atoms with Crippen LogP contribution in [0.2, 0.25) is 0 Å². The van der Waals surface area contributed by atoms with Crippen LogP contribution < -0.4 is 5.32 Å². The van der Waals surface area contributed by atoms with Crippen LogP contribution in [0.1, 0.15) is 11.1 Å². The third kappa shape index (κ3) is 5.18. The van der Waals surface area contributed by atoms with Gasteiger partial charge in [-0.25, -0.2) is 8.42 Å². The fraction of sp³-hybridized carbons (Fsp3) is 0.350. The van der Waals surface area contributed by atoms with E-state index in [9.17, 15) is 26.4 Å². The van der Waals surface area contributed by atoms with Gasteiger partial charge in [-0.2, -0.15) is 17.5 Å². The van der Waals surface area contributed by atoms with Crippen LogP contribution in [0.15, 0.2) is 53.4 Å². The van der Waals surface area contributed by atoms with E-state index in [0.29, 0.717) is 5.69 Å². The van der Waals surface area contributed by atoms with E-state index in [-0.39, 0.29) is 38.6 Å². The highest BCUT2D eigenvalue weighted by molar-refractivity contribution is 7.89. The summed E-state index contributed by atoms with van der Waals surface area (Å²) in [7, 11) is -4.29. The van der Waals surface area contributed by atoms with Crippen LogP contribution >= 0.6 is 0 Å². The van der Waals surface area contributed by atoms with Gasteiger partial charge in [-0.1, -0.05) is 24.3 Å². The standard InChI is InChI=1S/C20H22F3N3O3S/c1-15-5-4-6-16(13-15)24-19(27)14-25-9-11-26(12-10-25)30(28,29)18-8-3-2-7-17(18)20(21,22)23/h2-8,13H,9-12,14H2,1H3,(H,24,27). The molecule has 1 N–H and O–H groups in total. The number of anilines is 1. The smallest absolute Gasteiger partial charge is 0.325 e. The number of piperazine rings is 1. The number of sulfonamides is 1. The number of nitrogens with one attached hydrogen (secondary N) is 1. The van der Waals surface area contributed by atoms with E-state index in [4.69, 9.17) is 0 Å². The van der Waals surface area contributed by atoms with Gasteiger partial charge in [0.1, 0.15) is 0 Å². The Labute approximate surface area is 173 Å². The number of carbonyl (C=O) groups is 1. The Morgan fingerprint density at radius 1 is 1.03 bits per heavy atom. The summed E-state index contributed by atoms with van der Waals surface area (Å²) < 4.78 is 66.3. The molecule has 2 aromatic carbocycles. The lowest BCUT2D eigenvalue weighted by Gasteiger charge is -2.34. The van der Waals surface area contributed by atoms with Crippen molar-refractivity contribution >= 4 is 21.6 Å². The van der Waals surface area contributed by atoms with E-state index in [2.05, 4.69) is 5.32 Å². The summed E-state index contributed by atoms with van der Waals surface area (Å²) in [6, 6.07) is 11.5. The molecule has 6 nitrogen and oxygen atoms in total. The third-order valence-corrected chi connectivity index (χ3v) is 6.77. The molecule has 3 rings (SSSR count). The van der Waals surface area contributed by atoms with Crippen molar-refractivity contribution in [2.75, 3.05) is 38.0 Å². The number of amides is 1. The van der Waals surface area contributed by atoms with Gasteiger partial charge in [-0.15, -0.1) is 0 Å². The van der Waals surface area contributed by atoms with Gasteiger partial charge in [-0.05, 0) is 36.8 Å². The average molecular weight is 441 g/mol. The van der Waals surface area contributed by atoms with Crippen molar-refractivity contribution in [1.29, 1.82) is 0 Å². The van der Waals surface area contributed by atoms with Gasteiger partial charge in [0, 0.05) is 31.9 Å². The Balaban J connectivity index is 1.62. The maximum absolute atomic E-state index is 13.2. The molecule has 1 aliphatic rings. The molecule has 1 heterocycles. The number of rotatable bonds is 5. The van der Waals surface area contributed by atoms with Crippen molar-refractivity contribution in [3.8, 4) is 0 Å². The largest absolute Gasteiger partial charge is 0.417 e. The number of benzene rings is 2. The monoisotopic (exact) mass is 441 g/mol. The van der Waals surface area contributed by atoms with E-state index in [1.807, 2.05) is 25.1 Å². The topological polar surface area (TPSA) is 69.7 Å². The Bertz CT molecular complexity index is 1020. The van der Waals surface area contributed by atoms with Crippen LogP contribution in [0.25, 0.3) is 0 Å². The number of alkyl halides is 3. The second-order valence-corrected chi connectivity index (χ2v) is 9.00. The van der Waals surface area contributed by atoms with Gasteiger partial charge >= 0.3 is 6.18 Å². The molecule has 0 unspecified atom stereocenters. The van der Waals surface area contributed by atoms with Crippen molar-refractivity contribution < 1.29 is 26.4 Å². The summed E-state index contributed by atoms with van der Waals surface area (Å²) in [4.78, 5) is 13.3. The van der Waals surface area contributed by atoms with Crippen LogP contribution in [-0.4, -0.2) is 56.3 Å². The summed E-state index contributed by atoms with van der Waals surface area (Å²) in [6.07, 6.45) is -4.76. The molecule has 162 valence electrons. The molecule has 1 fully saturated rings. The number of aryl methyl sites for hydroxylation is 1. The second-order valence-electron chi connectivity index (χ2n) is 7.09. The van der Waals surface area contributed by atoms with Gasteiger partial charge in [-0.3, -0.25) is 9.69 Å². The molecule has 30 heavy (non-hydrogen) atoms. The molecule has 1 aliphatic heterocycles. The van der Waals surface area contributed by atoms with Gasteiger partial charge in [0.15, 0.2) is 0 Å². The average Bonchev–Trinajstić information content (AvgIpc) is 2.67. The van der Waals surface area contributed by atoms with E-state index in [0.717, 1.165) is 28.1 Å². The van der Waals surface area contributed by atoms with Gasteiger partial charge in [0.2, 0.25) is 15.9 Å². The Kier molecular flexibility index (Phi) is 6.49. The molecular weight excluding hydrogens is 419 g/mol. The number of halogens is 3. The normalized spacial score (nSPS) is 16.4. The number of nitrogens with zero attached hydrogens (tertiary/aromatic N) is 2. The van der Waals surface area contributed by atoms with Crippen LogP contribution in [0.5, 0.6) is 0 Å². The number of hydrogen-bond acceptors (Lipinski definition) is 4. The fourth-order valence-corrected chi connectivity index (χ4v) is 4.95. The maximum Gasteiger partial charge on any atom is 0.417 e. The van der Waals surface area contributed by atoms with Gasteiger partial charge in [0.25, 0.3) is 0 Å². The lowest BCUT2D eigenvalue weighted by molar-refractivity contribution is -0.140. The van der Waals surface area contributed by atoms with Crippen molar-refractivity contribution in [3.63, 3.8) is 0 Å². The van der Waals surface area contributed by atoms with Crippen LogP contribution in [-0.2, 0) is 21.0 Å². The van der Waals surface area contributed by atoms with Crippen molar-refractivity contribution in [2.24, 2.45) is 0 Å². The SMILES string of the molecule is Cc1cccc(NC(=O)CN2CCN(S(=O)(=O)c3ccccc3C(F)(F)F)CC2)c1. The molecule has 1 saturated heterocycles. The van der Waals surface area contributed by atoms with E-state index < -0.39 is 26.7 Å². The minimum Gasteiger partial charge on any atom is -0.325 e. The second kappa shape index (κ2) is 8.75. The molecule has 0 bridgehead atoms. The first-order valence-corrected chi connectivity index (χ1v) is 10.8. The molecule has 10 heteroatoms. The molecule has 1 amide bonds. The summed E-state index contributed by atoms with van der Waals surface area (Å²) in [5.41, 5.74) is 0.501. The predicted octanol–water partition coefficient (Wildman–Crippen LogP) is 2.96. The Morgan fingerprint density at radius 3 is 2.33 bits per heavy atom. The van der Waals surface area contributed by atoms with Crippen molar-refractivity contribution in [3.05, 3.63) is 59.7 Å². The maximum atomic E-state index is 13.2. The van der Waals surface area contributed by atoms with Crippen LogP contribution in [0.4, 0.5) is 18.9 Å². The quantitative estimate of drug-likeness (QED) is 0.775. The molecule has 0 aliphatic carbocycles. The molecule has 0 atom stereocenters. The number of carbonyl (C=O) groups excluding carboxylic acids is 1. The molecular formula is C20H22F3N3O3S. The van der Waals surface area contributed by atoms with E-state index >= 15 is 0 Å². The first-order chi connectivity index (χ1) is 14.1. The zero-order chi connectivity index (χ0) is 21.9. The van der Waals surface area contributed by atoms with Crippen molar-refractivity contribution in [1.82, 2.24) is 9.21 Å². The first-order valence-electron chi connectivity index (χ1n) is 9.32. The molecule has 0 aromatic heterocycles. The van der Waals surface area contributed by atoms with Crippen LogP contribution in [0.3, 0.4) is 0 Å². The lowest BCUT2D eigenvalue weighted by Crippen LogP contribution is -2.50. The zero-order valence-electron chi connectivity index (χ0n) is 16.3. The molecule has 0 saturated carbocycles. The van der Waals surface area contributed by atoms with Crippen LogP contribution in [0, 0.1) is 6.92 Å². The molecule has 0 spiro atoms. The Hall–Kier alpha value is -2.43. The van der Waals surface area contributed by atoms with E-state index in [1.54, 1.807) is 11.0 Å². The Morgan fingerprint density at radius 2 is 1.70 bits per heavy atom. The first kappa shape index (κ1) is 22.3. The summed E-state index contributed by atoms with van der Waals surface area (Å²) in [5.74, 6) is -0.237.